The largest absolute Gasteiger partial charge is 0.388 e. The third kappa shape index (κ3) is 2.61. The van der Waals surface area contributed by atoms with Crippen molar-refractivity contribution in [3.05, 3.63) is 29.1 Å². The number of hydrogen-bond acceptors (Lipinski definition) is 3. The number of nitrogens with zero attached hydrogens (tertiary/aromatic N) is 3. The van der Waals surface area contributed by atoms with Gasteiger partial charge in [-0.25, -0.2) is 4.98 Å². The van der Waals surface area contributed by atoms with Crippen LogP contribution >= 0.6 is 0 Å². The summed E-state index contributed by atoms with van der Waals surface area (Å²) in [6.45, 7) is 7.05. The van der Waals surface area contributed by atoms with E-state index in [0.717, 1.165) is 29.6 Å². The number of hydrogen-bond donors (Lipinski definition) is 1. The van der Waals surface area contributed by atoms with Crippen LogP contribution < -0.4 is 0 Å². The molecule has 0 atom stereocenters. The summed E-state index contributed by atoms with van der Waals surface area (Å²) in [6, 6.07) is 5.96. The minimum absolute atomic E-state index is 0.0757. The zero-order valence-electron chi connectivity index (χ0n) is 11.6. The maximum absolute atomic E-state index is 9.43. The van der Waals surface area contributed by atoms with E-state index in [1.54, 1.807) is 6.07 Å². The predicted molar refractivity (Wildman–Crippen MR) is 74.6 cm³/mol. The summed E-state index contributed by atoms with van der Waals surface area (Å²) in [5.74, 6) is 1.27. The summed E-state index contributed by atoms with van der Waals surface area (Å²) >= 11 is 0. The molecule has 0 aliphatic rings. The maximum atomic E-state index is 9.43. The number of nitriles is 1. The van der Waals surface area contributed by atoms with Crippen molar-refractivity contribution in [3.8, 4) is 6.07 Å². The fourth-order valence-electron chi connectivity index (χ4n) is 2.20. The second-order valence-electron chi connectivity index (χ2n) is 5.29. The van der Waals surface area contributed by atoms with Gasteiger partial charge in [0.05, 0.1) is 22.7 Å². The fraction of sp³-hybridized carbons (Fsp3) is 0.467. The zero-order valence-corrected chi connectivity index (χ0v) is 11.6. The lowest BCUT2D eigenvalue weighted by atomic mass is 10.1. The molecule has 2 rings (SSSR count). The number of benzene rings is 1. The Morgan fingerprint density at radius 2 is 2.16 bits per heavy atom. The van der Waals surface area contributed by atoms with Crippen molar-refractivity contribution < 1.29 is 5.11 Å². The van der Waals surface area contributed by atoms with Crippen molar-refractivity contribution >= 4 is 11.0 Å². The van der Waals surface area contributed by atoms with E-state index < -0.39 is 0 Å². The Morgan fingerprint density at radius 3 is 2.74 bits per heavy atom. The first-order chi connectivity index (χ1) is 9.06. The molecule has 0 unspecified atom stereocenters. The van der Waals surface area contributed by atoms with Gasteiger partial charge in [0.25, 0.3) is 0 Å². The van der Waals surface area contributed by atoms with Gasteiger partial charge in [-0.1, -0.05) is 13.8 Å². The van der Waals surface area contributed by atoms with Gasteiger partial charge < -0.3 is 9.67 Å². The Morgan fingerprint density at radius 1 is 1.42 bits per heavy atom. The molecule has 1 heterocycles. The van der Waals surface area contributed by atoms with Gasteiger partial charge in [0.2, 0.25) is 0 Å². The van der Waals surface area contributed by atoms with Crippen LogP contribution in [0.25, 0.3) is 11.0 Å². The van der Waals surface area contributed by atoms with Crippen LogP contribution in [0.5, 0.6) is 0 Å². The van der Waals surface area contributed by atoms with Crippen molar-refractivity contribution in [1.29, 1.82) is 5.26 Å². The first-order valence-electron chi connectivity index (χ1n) is 6.57. The lowest BCUT2D eigenvalue weighted by Crippen LogP contribution is -2.06. The molecule has 4 heteroatoms. The molecule has 1 N–H and O–H groups in total. The Balaban J connectivity index is 2.54. The van der Waals surface area contributed by atoms with Crippen LogP contribution in [0.2, 0.25) is 0 Å². The van der Waals surface area contributed by atoms with E-state index in [9.17, 15) is 5.11 Å². The van der Waals surface area contributed by atoms with E-state index in [1.165, 1.54) is 0 Å². The van der Waals surface area contributed by atoms with Crippen LogP contribution in [-0.2, 0) is 13.2 Å². The summed E-state index contributed by atoms with van der Waals surface area (Å²) in [5, 5.41) is 18.5. The molecule has 0 aliphatic carbocycles. The highest BCUT2D eigenvalue weighted by Gasteiger charge is 2.12. The second kappa shape index (κ2) is 5.41. The van der Waals surface area contributed by atoms with E-state index >= 15 is 0 Å². The van der Waals surface area contributed by atoms with Crippen molar-refractivity contribution in [2.45, 2.75) is 40.3 Å². The minimum atomic E-state index is -0.0757. The summed E-state index contributed by atoms with van der Waals surface area (Å²) in [5.41, 5.74) is 3.38. The summed E-state index contributed by atoms with van der Waals surface area (Å²) < 4.78 is 2.06. The Hall–Kier alpha value is -1.86. The molecule has 2 aromatic rings. The van der Waals surface area contributed by atoms with Crippen LogP contribution in [0.15, 0.2) is 12.1 Å². The monoisotopic (exact) mass is 257 g/mol. The van der Waals surface area contributed by atoms with Crippen molar-refractivity contribution in [2.24, 2.45) is 5.92 Å². The molecule has 1 aromatic carbocycles. The highest BCUT2D eigenvalue weighted by Crippen LogP contribution is 2.22. The van der Waals surface area contributed by atoms with E-state index in [-0.39, 0.29) is 6.61 Å². The molecule has 1 aromatic heterocycles. The summed E-state index contributed by atoms with van der Waals surface area (Å²) in [6.07, 6.45) is 1.04. The van der Waals surface area contributed by atoms with Crippen molar-refractivity contribution in [1.82, 2.24) is 9.55 Å². The molecule has 0 aliphatic heterocycles. The molecule has 0 amide bonds. The van der Waals surface area contributed by atoms with Crippen LogP contribution in [0.1, 0.15) is 37.2 Å². The third-order valence-electron chi connectivity index (χ3n) is 3.37. The van der Waals surface area contributed by atoms with Crippen molar-refractivity contribution in [2.75, 3.05) is 0 Å². The molecule has 0 saturated carbocycles. The number of rotatable bonds is 4. The van der Waals surface area contributed by atoms with Gasteiger partial charge in [0, 0.05) is 6.54 Å². The van der Waals surface area contributed by atoms with Crippen LogP contribution in [0.3, 0.4) is 0 Å². The number of aromatic nitrogens is 2. The van der Waals surface area contributed by atoms with Crippen LogP contribution in [0.4, 0.5) is 0 Å². The average Bonchev–Trinajstić information content (AvgIpc) is 2.72. The van der Waals surface area contributed by atoms with E-state index in [1.807, 2.05) is 13.0 Å². The Kier molecular flexibility index (Phi) is 3.87. The van der Waals surface area contributed by atoms with E-state index in [0.29, 0.717) is 17.3 Å². The van der Waals surface area contributed by atoms with Gasteiger partial charge in [-0.05, 0) is 37.0 Å². The maximum Gasteiger partial charge on any atom is 0.135 e. The standard InChI is InChI=1S/C15H19N3O/c1-10(2)4-5-18-14-6-11(3)12(8-16)7-13(14)17-15(18)9-19/h6-7,10,19H,4-5,9H2,1-3H3. The average molecular weight is 257 g/mol. The fourth-order valence-corrected chi connectivity index (χ4v) is 2.20. The zero-order chi connectivity index (χ0) is 14.0. The molecular weight excluding hydrogens is 238 g/mol. The molecule has 19 heavy (non-hydrogen) atoms. The second-order valence-corrected chi connectivity index (χ2v) is 5.29. The van der Waals surface area contributed by atoms with Gasteiger partial charge in [0.1, 0.15) is 12.4 Å². The van der Waals surface area contributed by atoms with Gasteiger partial charge in [-0.2, -0.15) is 5.26 Å². The molecule has 0 bridgehead atoms. The lowest BCUT2D eigenvalue weighted by molar-refractivity contribution is 0.264. The predicted octanol–water partition coefficient (Wildman–Crippen LogP) is 2.75. The highest BCUT2D eigenvalue weighted by molar-refractivity contribution is 5.79. The van der Waals surface area contributed by atoms with Gasteiger partial charge in [0.15, 0.2) is 0 Å². The van der Waals surface area contributed by atoms with Gasteiger partial charge in [-0.3, -0.25) is 0 Å². The van der Waals surface area contributed by atoms with Gasteiger partial charge >= 0.3 is 0 Å². The Bertz CT molecular complexity index is 635. The first-order valence-corrected chi connectivity index (χ1v) is 6.57. The molecule has 100 valence electrons. The SMILES string of the molecule is Cc1cc2c(cc1C#N)nc(CO)n2CCC(C)C. The number of aliphatic hydroxyl groups is 1. The molecule has 0 spiro atoms. The topological polar surface area (TPSA) is 61.8 Å². The van der Waals surface area contributed by atoms with Crippen LogP contribution in [-0.4, -0.2) is 14.7 Å². The summed E-state index contributed by atoms with van der Waals surface area (Å²) in [4.78, 5) is 4.42. The highest BCUT2D eigenvalue weighted by atomic mass is 16.3. The molecule has 0 fully saturated rings. The Labute approximate surface area is 113 Å². The normalized spacial score (nSPS) is 11.2. The number of imidazole rings is 1. The number of aryl methyl sites for hydroxylation is 2. The quantitative estimate of drug-likeness (QED) is 0.916. The van der Waals surface area contributed by atoms with E-state index in [2.05, 4.69) is 29.5 Å². The minimum Gasteiger partial charge on any atom is -0.388 e. The number of aliphatic hydroxyl groups excluding tert-OH is 1. The molecule has 0 radical (unpaired) electrons. The lowest BCUT2D eigenvalue weighted by Gasteiger charge is -2.10. The molecular formula is C15H19N3O. The van der Waals surface area contributed by atoms with Gasteiger partial charge in [-0.15, -0.1) is 0 Å². The summed E-state index contributed by atoms with van der Waals surface area (Å²) in [7, 11) is 0. The molecule has 4 nitrogen and oxygen atoms in total. The first kappa shape index (κ1) is 13.6. The van der Waals surface area contributed by atoms with E-state index in [4.69, 9.17) is 5.26 Å². The smallest absolute Gasteiger partial charge is 0.135 e. The third-order valence-corrected chi connectivity index (χ3v) is 3.37. The molecule has 0 saturated heterocycles. The van der Waals surface area contributed by atoms with Crippen molar-refractivity contribution in [3.63, 3.8) is 0 Å². The number of fused-ring (bicyclic) bond motifs is 1. The van der Waals surface area contributed by atoms with Crippen LogP contribution in [0, 0.1) is 24.2 Å².